The van der Waals surface area contributed by atoms with E-state index in [1.165, 1.54) is 0 Å². The van der Waals surface area contributed by atoms with Crippen molar-refractivity contribution in [1.82, 2.24) is 5.32 Å². The molecule has 0 bridgehead atoms. The molecule has 20 heteroatoms. The van der Waals surface area contributed by atoms with E-state index in [1.54, 1.807) is 0 Å². The summed E-state index contributed by atoms with van der Waals surface area (Å²) in [7, 11) is 0. The Morgan fingerprint density at radius 2 is 1.03 bits per heavy atom. The van der Waals surface area contributed by atoms with Gasteiger partial charge < -0.3 is 9.73 Å². The first-order valence-corrected chi connectivity index (χ1v) is 7.77. The van der Waals surface area contributed by atoms with Gasteiger partial charge in [0, 0.05) is 0 Å². The molecule has 0 saturated carbocycles. The van der Waals surface area contributed by atoms with E-state index >= 15 is 0 Å². The van der Waals surface area contributed by atoms with Gasteiger partial charge in [0.15, 0.2) is 0 Å². The number of carbonyl (C=O) groups excluding carboxylic acids is 1. The van der Waals surface area contributed by atoms with E-state index in [4.69, 9.17) is 0 Å². The maximum absolute atomic E-state index is 13.6. The van der Waals surface area contributed by atoms with Crippen LogP contribution in [0.25, 0.3) is 0 Å². The van der Waals surface area contributed by atoms with Crippen LogP contribution in [-0.2, 0) is 11.3 Å². The number of rotatable bonds is 9. The van der Waals surface area contributed by atoms with Gasteiger partial charge in [-0.1, -0.05) is 0 Å². The Morgan fingerprint density at radius 3 is 1.38 bits per heavy atom. The zero-order valence-corrected chi connectivity index (χ0v) is 15.2. The number of carbonyl (C=O) groups is 1. The fourth-order valence-corrected chi connectivity index (χ4v) is 2.00. The van der Waals surface area contributed by atoms with Crippen molar-refractivity contribution in [3.8, 4) is 0 Å². The minimum Gasteiger partial charge on any atom is -0.467 e. The van der Waals surface area contributed by atoms with Crippen LogP contribution in [0.2, 0.25) is 0 Å². The molecule has 0 saturated heterocycles. The van der Waals surface area contributed by atoms with Gasteiger partial charge in [-0.25, -0.2) is 0 Å². The molecule has 0 radical (unpaired) electrons. The third-order valence-corrected chi connectivity index (χ3v) is 4.01. The Hall–Kier alpha value is -2.44. The molecule has 1 amide bonds. The normalized spacial score (nSPS) is 15.4. The zero-order chi connectivity index (χ0) is 27.4. The van der Waals surface area contributed by atoms with Crippen molar-refractivity contribution in [2.75, 3.05) is 0 Å². The van der Waals surface area contributed by atoms with Crippen LogP contribution < -0.4 is 5.32 Å². The van der Waals surface area contributed by atoms with Gasteiger partial charge in [-0.3, -0.25) is 4.79 Å². The first kappa shape index (κ1) is 29.6. The van der Waals surface area contributed by atoms with Gasteiger partial charge in [-0.2, -0.15) is 74.6 Å². The predicted octanol–water partition coefficient (Wildman–Crippen LogP) is 5.91. The van der Waals surface area contributed by atoms with Crippen LogP contribution in [-0.4, -0.2) is 53.5 Å². The van der Waals surface area contributed by atoms with Crippen LogP contribution in [0, 0.1) is 0 Å². The molecule has 1 N–H and O–H groups in total. The van der Waals surface area contributed by atoms with E-state index in [0.29, 0.717) is 0 Å². The molecule has 1 aromatic rings. The molecular formula is C14H6F17NO2. The fourth-order valence-electron chi connectivity index (χ4n) is 2.00. The zero-order valence-electron chi connectivity index (χ0n) is 15.2. The monoisotopic (exact) mass is 543 g/mol. The van der Waals surface area contributed by atoms with Crippen molar-refractivity contribution in [2.45, 2.75) is 54.2 Å². The van der Waals surface area contributed by atoms with E-state index in [-0.39, 0.29) is 0 Å². The number of hydrogen-bond donors (Lipinski definition) is 1. The van der Waals surface area contributed by atoms with E-state index in [0.717, 1.165) is 23.7 Å². The van der Waals surface area contributed by atoms with Gasteiger partial charge in [-0.15, -0.1) is 0 Å². The first-order valence-electron chi connectivity index (χ1n) is 7.77. The second-order valence-corrected chi connectivity index (χ2v) is 6.28. The highest BCUT2D eigenvalue weighted by molar-refractivity contribution is 5.84. The summed E-state index contributed by atoms with van der Waals surface area (Å²) in [5.74, 6) is -62.2. The molecule has 0 aliphatic heterocycles. The topological polar surface area (TPSA) is 42.2 Å². The maximum Gasteiger partial charge on any atom is 0.460 e. The number of alkyl halides is 17. The van der Waals surface area contributed by atoms with Crippen molar-refractivity contribution in [1.29, 1.82) is 0 Å². The largest absolute Gasteiger partial charge is 0.467 e. The summed E-state index contributed by atoms with van der Waals surface area (Å²) < 4.78 is 227. The maximum atomic E-state index is 13.6. The smallest absolute Gasteiger partial charge is 0.460 e. The summed E-state index contributed by atoms with van der Waals surface area (Å²) in [6.45, 7) is -1.33. The fraction of sp³-hybridized carbons (Fsp3) is 0.643. The van der Waals surface area contributed by atoms with E-state index in [1.807, 2.05) is 0 Å². The molecular weight excluding hydrogens is 537 g/mol. The van der Waals surface area contributed by atoms with Crippen LogP contribution in [0.4, 0.5) is 74.6 Å². The highest BCUT2D eigenvalue weighted by Crippen LogP contribution is 2.63. The number of halogens is 17. The molecule has 0 aliphatic rings. The molecule has 0 unspecified atom stereocenters. The summed E-state index contributed by atoms with van der Waals surface area (Å²) in [6.07, 6.45) is -7.04. The molecule has 0 aliphatic carbocycles. The molecule has 0 atom stereocenters. The van der Waals surface area contributed by atoms with Gasteiger partial charge in [-0.05, 0) is 12.1 Å². The Labute approximate surface area is 174 Å². The summed E-state index contributed by atoms with van der Waals surface area (Å²) in [4.78, 5) is 11.2. The molecule has 198 valence electrons. The molecule has 0 spiro atoms. The molecule has 1 heterocycles. The molecule has 1 aromatic heterocycles. The summed E-state index contributed by atoms with van der Waals surface area (Å²) in [5.41, 5.74) is 0. The van der Waals surface area contributed by atoms with E-state index in [2.05, 4.69) is 4.42 Å². The van der Waals surface area contributed by atoms with Crippen molar-refractivity contribution in [2.24, 2.45) is 0 Å². The second kappa shape index (κ2) is 8.06. The Morgan fingerprint density at radius 1 is 0.647 bits per heavy atom. The minimum absolute atomic E-state index is 0.551. The minimum atomic E-state index is -8.74. The predicted molar refractivity (Wildman–Crippen MR) is 71.2 cm³/mol. The van der Waals surface area contributed by atoms with Gasteiger partial charge >= 0.3 is 47.6 Å². The van der Waals surface area contributed by atoms with Crippen LogP contribution in [0.15, 0.2) is 22.8 Å². The van der Waals surface area contributed by atoms with Crippen LogP contribution >= 0.6 is 0 Å². The Balaban J connectivity index is 3.48. The van der Waals surface area contributed by atoms with Crippen molar-refractivity contribution in [3.63, 3.8) is 0 Å². The quantitative estimate of drug-likeness (QED) is 0.394. The number of furan rings is 1. The molecule has 34 heavy (non-hydrogen) atoms. The van der Waals surface area contributed by atoms with Crippen LogP contribution in [0.1, 0.15) is 5.76 Å². The summed E-state index contributed by atoms with van der Waals surface area (Å²) in [6, 6.07) is 1.85. The lowest BCUT2D eigenvalue weighted by Gasteiger charge is -2.42. The lowest BCUT2D eigenvalue weighted by atomic mass is 9.89. The van der Waals surface area contributed by atoms with Gasteiger partial charge in [0.1, 0.15) is 5.76 Å². The molecule has 0 aromatic carbocycles. The lowest BCUT2D eigenvalue weighted by Crippen LogP contribution is -2.75. The first-order chi connectivity index (χ1) is 14.7. The Bertz CT molecular complexity index is 871. The Kier molecular flexibility index (Phi) is 7.01. The highest BCUT2D eigenvalue weighted by atomic mass is 19.4. The SMILES string of the molecule is O=C(NCc1ccco1)C(F)(F)C(F)(F)C(F)(F)C(F)(F)C(F)(F)C(F)(F)C(F)(F)C(F)(F)F. The standard InChI is InChI=1S/C14H6F17NO2/c15-7(16,6(33)32-4-5-2-1-3-34-5)8(17,18)9(19,20)10(21,22)11(23,24)12(25,26)13(27,28)14(29,30)31/h1-3H,4H2,(H,32,33). The van der Waals surface area contributed by atoms with Crippen LogP contribution in [0.3, 0.4) is 0 Å². The third kappa shape index (κ3) is 3.91. The number of amides is 1. The van der Waals surface area contributed by atoms with Gasteiger partial charge in [0.2, 0.25) is 0 Å². The third-order valence-electron chi connectivity index (χ3n) is 4.01. The van der Waals surface area contributed by atoms with Gasteiger partial charge in [0.05, 0.1) is 12.8 Å². The summed E-state index contributed by atoms with van der Waals surface area (Å²) >= 11 is 0. The van der Waals surface area contributed by atoms with Crippen molar-refractivity contribution in [3.05, 3.63) is 24.2 Å². The average molecular weight is 543 g/mol. The highest BCUT2D eigenvalue weighted by Gasteiger charge is 2.95. The number of nitrogens with one attached hydrogen (secondary N) is 1. The molecule has 1 rings (SSSR count). The van der Waals surface area contributed by atoms with E-state index < -0.39 is 65.8 Å². The molecule has 3 nitrogen and oxygen atoms in total. The summed E-state index contributed by atoms with van der Waals surface area (Å²) in [5, 5.41) is 0.723. The average Bonchev–Trinajstić information content (AvgIpc) is 3.17. The molecule has 0 fully saturated rings. The second-order valence-electron chi connectivity index (χ2n) is 6.28. The van der Waals surface area contributed by atoms with Crippen molar-refractivity contribution < 1.29 is 83.8 Å². The van der Waals surface area contributed by atoms with Crippen molar-refractivity contribution >= 4 is 5.91 Å². The lowest BCUT2D eigenvalue weighted by molar-refractivity contribution is -0.459. The van der Waals surface area contributed by atoms with Crippen LogP contribution in [0.5, 0.6) is 0 Å². The number of hydrogen-bond acceptors (Lipinski definition) is 2. The van der Waals surface area contributed by atoms with E-state index in [9.17, 15) is 79.4 Å². The van der Waals surface area contributed by atoms with Gasteiger partial charge in [0.25, 0.3) is 5.91 Å².